The van der Waals surface area contributed by atoms with Crippen molar-refractivity contribution in [1.82, 2.24) is 24.9 Å². The van der Waals surface area contributed by atoms with Crippen molar-refractivity contribution in [2.24, 2.45) is 5.92 Å². The predicted molar refractivity (Wildman–Crippen MR) is 97.4 cm³/mol. The van der Waals surface area contributed by atoms with Crippen LogP contribution in [-0.2, 0) is 14.4 Å². The second kappa shape index (κ2) is 8.35. The van der Waals surface area contributed by atoms with Gasteiger partial charge in [-0.2, -0.15) is 0 Å². The van der Waals surface area contributed by atoms with Crippen LogP contribution in [0.4, 0.5) is 0 Å². The second-order valence-corrected chi connectivity index (χ2v) is 7.89. The topological polar surface area (TPSA) is 76.2 Å². The lowest BCUT2D eigenvalue weighted by Gasteiger charge is -2.41. The molecule has 0 aliphatic carbocycles. The average Bonchev–Trinajstić information content (AvgIpc) is 3.00. The molecule has 3 amide bonds. The lowest BCUT2D eigenvalue weighted by Crippen LogP contribution is -2.58. The van der Waals surface area contributed by atoms with Gasteiger partial charge in [0.1, 0.15) is 0 Å². The molecular weight excluding hydrogens is 334 g/mol. The molecule has 146 valence electrons. The Labute approximate surface area is 155 Å². The largest absolute Gasteiger partial charge is 0.341 e. The standard InChI is InChI=1S/C18H31N5O3/c1-20(2)8-9-21-12-14(10-16(21)24)18(26)22-6-3-4-15(13-22)23-7-5-19-11-17(23)25/h14-15,19H,3-13H2,1-2H3. The molecular formula is C18H31N5O3. The molecule has 0 aromatic carbocycles. The van der Waals surface area contributed by atoms with Gasteiger partial charge in [-0.25, -0.2) is 0 Å². The Kier molecular flexibility index (Phi) is 6.13. The first-order valence-corrected chi connectivity index (χ1v) is 9.67. The second-order valence-electron chi connectivity index (χ2n) is 7.89. The van der Waals surface area contributed by atoms with Gasteiger partial charge in [0, 0.05) is 58.3 Å². The number of nitrogens with zero attached hydrogens (tertiary/aromatic N) is 4. The summed E-state index contributed by atoms with van der Waals surface area (Å²) in [6.07, 6.45) is 2.19. The van der Waals surface area contributed by atoms with Gasteiger partial charge in [-0.15, -0.1) is 0 Å². The van der Waals surface area contributed by atoms with Gasteiger partial charge in [0.15, 0.2) is 0 Å². The van der Waals surface area contributed by atoms with Crippen molar-refractivity contribution in [2.75, 3.05) is 66.5 Å². The highest BCUT2D eigenvalue weighted by Gasteiger charge is 2.39. The molecule has 8 heteroatoms. The lowest BCUT2D eigenvalue weighted by atomic mass is 10.00. The van der Waals surface area contributed by atoms with Gasteiger partial charge in [-0.1, -0.05) is 0 Å². The molecule has 3 saturated heterocycles. The summed E-state index contributed by atoms with van der Waals surface area (Å²) in [5.74, 6) is 0.0534. The number of likely N-dealkylation sites (tertiary alicyclic amines) is 2. The Morgan fingerprint density at radius 1 is 1.19 bits per heavy atom. The number of likely N-dealkylation sites (N-methyl/N-ethyl adjacent to an activating group) is 1. The van der Waals surface area contributed by atoms with Crippen molar-refractivity contribution in [1.29, 1.82) is 0 Å². The van der Waals surface area contributed by atoms with Gasteiger partial charge in [0.05, 0.1) is 12.5 Å². The van der Waals surface area contributed by atoms with E-state index in [1.807, 2.05) is 33.7 Å². The molecule has 2 unspecified atom stereocenters. The van der Waals surface area contributed by atoms with Crippen molar-refractivity contribution in [3.63, 3.8) is 0 Å². The SMILES string of the molecule is CN(C)CCN1CC(C(=O)N2CCCC(N3CCNCC3=O)C2)CC1=O. The summed E-state index contributed by atoms with van der Waals surface area (Å²) in [5.41, 5.74) is 0. The van der Waals surface area contributed by atoms with Crippen molar-refractivity contribution in [3.05, 3.63) is 0 Å². The zero-order valence-corrected chi connectivity index (χ0v) is 15.9. The van der Waals surface area contributed by atoms with Gasteiger partial charge < -0.3 is 24.9 Å². The van der Waals surface area contributed by atoms with Gasteiger partial charge in [0.2, 0.25) is 17.7 Å². The molecule has 3 rings (SSSR count). The molecule has 0 spiro atoms. The zero-order valence-electron chi connectivity index (χ0n) is 15.9. The van der Waals surface area contributed by atoms with Crippen molar-refractivity contribution >= 4 is 17.7 Å². The molecule has 8 nitrogen and oxygen atoms in total. The lowest BCUT2D eigenvalue weighted by molar-refractivity contribution is -0.142. The minimum Gasteiger partial charge on any atom is -0.341 e. The maximum absolute atomic E-state index is 13.0. The van der Waals surface area contributed by atoms with E-state index in [0.717, 1.165) is 32.5 Å². The van der Waals surface area contributed by atoms with Crippen LogP contribution in [0, 0.1) is 5.92 Å². The van der Waals surface area contributed by atoms with E-state index >= 15 is 0 Å². The Bertz CT molecular complexity index is 553. The third-order valence-electron chi connectivity index (χ3n) is 5.66. The molecule has 0 bridgehead atoms. The van der Waals surface area contributed by atoms with Crippen LogP contribution in [-0.4, -0.2) is 110 Å². The van der Waals surface area contributed by atoms with Crippen LogP contribution in [0.3, 0.4) is 0 Å². The summed E-state index contributed by atoms with van der Waals surface area (Å²) in [6.45, 7) is 5.27. The molecule has 0 aromatic heterocycles. The summed E-state index contributed by atoms with van der Waals surface area (Å²) in [4.78, 5) is 45.0. The van der Waals surface area contributed by atoms with Crippen LogP contribution >= 0.6 is 0 Å². The predicted octanol–water partition coefficient (Wildman–Crippen LogP) is -1.18. The molecule has 3 heterocycles. The van der Waals surface area contributed by atoms with Crippen LogP contribution in [0.25, 0.3) is 0 Å². The highest BCUT2D eigenvalue weighted by molar-refractivity contribution is 5.89. The normalized spacial score (nSPS) is 27.6. The summed E-state index contributed by atoms with van der Waals surface area (Å²) in [6, 6.07) is 0.115. The van der Waals surface area contributed by atoms with E-state index in [9.17, 15) is 14.4 Å². The Balaban J connectivity index is 1.56. The summed E-state index contributed by atoms with van der Waals surface area (Å²) in [5, 5.41) is 3.09. The molecule has 1 N–H and O–H groups in total. The van der Waals surface area contributed by atoms with Gasteiger partial charge in [0.25, 0.3) is 0 Å². The molecule has 0 radical (unpaired) electrons. The monoisotopic (exact) mass is 365 g/mol. The average molecular weight is 365 g/mol. The molecule has 26 heavy (non-hydrogen) atoms. The minimum atomic E-state index is -0.234. The van der Waals surface area contributed by atoms with E-state index in [1.165, 1.54) is 0 Å². The Hall–Kier alpha value is -1.67. The number of carbonyl (C=O) groups excluding carboxylic acids is 3. The van der Waals surface area contributed by atoms with Crippen molar-refractivity contribution in [3.8, 4) is 0 Å². The summed E-state index contributed by atoms with van der Waals surface area (Å²) in [7, 11) is 3.96. The first kappa shape index (κ1) is 19.1. The number of piperazine rings is 1. The highest BCUT2D eigenvalue weighted by atomic mass is 16.2. The summed E-state index contributed by atoms with van der Waals surface area (Å²) < 4.78 is 0. The fraction of sp³-hybridized carbons (Fsp3) is 0.833. The Morgan fingerprint density at radius 3 is 2.73 bits per heavy atom. The molecule has 2 atom stereocenters. The van der Waals surface area contributed by atoms with Crippen molar-refractivity contribution in [2.45, 2.75) is 25.3 Å². The van der Waals surface area contributed by atoms with E-state index in [-0.39, 0.29) is 29.7 Å². The quantitative estimate of drug-likeness (QED) is 0.664. The van der Waals surface area contributed by atoms with E-state index in [1.54, 1.807) is 0 Å². The molecule has 3 aliphatic rings. The number of piperidine rings is 1. The number of nitrogens with one attached hydrogen (secondary N) is 1. The van der Waals surface area contributed by atoms with Crippen LogP contribution in [0.1, 0.15) is 19.3 Å². The number of carbonyl (C=O) groups is 3. The van der Waals surface area contributed by atoms with Crippen LogP contribution in [0.2, 0.25) is 0 Å². The first-order chi connectivity index (χ1) is 12.5. The first-order valence-electron chi connectivity index (χ1n) is 9.67. The fourth-order valence-electron chi connectivity index (χ4n) is 4.15. The minimum absolute atomic E-state index is 0.0797. The highest BCUT2D eigenvalue weighted by Crippen LogP contribution is 2.24. The molecule has 3 fully saturated rings. The van der Waals surface area contributed by atoms with Gasteiger partial charge in [-0.3, -0.25) is 14.4 Å². The van der Waals surface area contributed by atoms with Gasteiger partial charge >= 0.3 is 0 Å². The van der Waals surface area contributed by atoms with E-state index in [0.29, 0.717) is 39.1 Å². The fourth-order valence-corrected chi connectivity index (χ4v) is 4.15. The maximum Gasteiger partial charge on any atom is 0.236 e. The Morgan fingerprint density at radius 2 is 2.00 bits per heavy atom. The van der Waals surface area contributed by atoms with Crippen LogP contribution in [0.15, 0.2) is 0 Å². The van der Waals surface area contributed by atoms with E-state index in [4.69, 9.17) is 0 Å². The van der Waals surface area contributed by atoms with E-state index in [2.05, 4.69) is 5.32 Å². The number of hydrogen-bond donors (Lipinski definition) is 1. The molecule has 0 saturated carbocycles. The third kappa shape index (κ3) is 4.35. The van der Waals surface area contributed by atoms with Crippen LogP contribution in [0.5, 0.6) is 0 Å². The van der Waals surface area contributed by atoms with Crippen molar-refractivity contribution < 1.29 is 14.4 Å². The summed E-state index contributed by atoms with van der Waals surface area (Å²) >= 11 is 0. The smallest absolute Gasteiger partial charge is 0.236 e. The van der Waals surface area contributed by atoms with E-state index < -0.39 is 0 Å². The number of hydrogen-bond acceptors (Lipinski definition) is 5. The van der Waals surface area contributed by atoms with Gasteiger partial charge in [-0.05, 0) is 26.9 Å². The third-order valence-corrected chi connectivity index (χ3v) is 5.66. The molecule has 0 aromatic rings. The van der Waals surface area contributed by atoms with Crippen LogP contribution < -0.4 is 5.32 Å². The zero-order chi connectivity index (χ0) is 18.7. The molecule has 3 aliphatic heterocycles. The maximum atomic E-state index is 13.0. The number of rotatable bonds is 5. The number of amides is 3.